The van der Waals surface area contributed by atoms with Crippen LogP contribution < -0.4 is 15.6 Å². The van der Waals surface area contributed by atoms with E-state index in [4.69, 9.17) is 16.3 Å². The summed E-state index contributed by atoms with van der Waals surface area (Å²) in [4.78, 5) is 33.9. The zero-order chi connectivity index (χ0) is 19.3. The van der Waals surface area contributed by atoms with Gasteiger partial charge in [0.2, 0.25) is 0 Å². The first-order chi connectivity index (χ1) is 12.3. The molecular formula is C16H13BrClN3O5. The summed E-state index contributed by atoms with van der Waals surface area (Å²) in [6, 6.07) is 8.87. The van der Waals surface area contributed by atoms with Gasteiger partial charge >= 0.3 is 0 Å². The molecule has 2 aromatic rings. The molecular weight excluding hydrogens is 430 g/mol. The van der Waals surface area contributed by atoms with Gasteiger partial charge < -0.3 is 4.74 Å². The van der Waals surface area contributed by atoms with E-state index >= 15 is 0 Å². The number of nitro benzene ring substituents is 1. The number of rotatable bonds is 5. The van der Waals surface area contributed by atoms with Gasteiger partial charge in [-0.05, 0) is 42.8 Å². The van der Waals surface area contributed by atoms with E-state index in [0.29, 0.717) is 5.75 Å². The molecule has 0 aromatic heterocycles. The molecule has 2 amide bonds. The molecule has 26 heavy (non-hydrogen) atoms. The van der Waals surface area contributed by atoms with E-state index < -0.39 is 22.4 Å². The first kappa shape index (κ1) is 19.7. The first-order valence-corrected chi connectivity index (χ1v) is 8.37. The Labute approximate surface area is 161 Å². The highest BCUT2D eigenvalue weighted by molar-refractivity contribution is 9.10. The lowest BCUT2D eigenvalue weighted by atomic mass is 10.2. The van der Waals surface area contributed by atoms with Crippen molar-refractivity contribution in [2.24, 2.45) is 0 Å². The topological polar surface area (TPSA) is 111 Å². The van der Waals surface area contributed by atoms with Gasteiger partial charge in [-0.25, -0.2) is 0 Å². The van der Waals surface area contributed by atoms with E-state index in [9.17, 15) is 19.7 Å². The number of hydrogen-bond donors (Lipinski definition) is 2. The number of nitrogens with zero attached hydrogens (tertiary/aromatic N) is 1. The smallest absolute Gasteiger partial charge is 0.288 e. The molecule has 2 rings (SSSR count). The summed E-state index contributed by atoms with van der Waals surface area (Å²) in [5.74, 6) is -0.787. The Hall–Kier alpha value is -2.65. The highest BCUT2D eigenvalue weighted by Crippen LogP contribution is 2.25. The van der Waals surface area contributed by atoms with Crippen molar-refractivity contribution in [3.05, 3.63) is 67.1 Å². The third-order valence-electron chi connectivity index (χ3n) is 3.22. The van der Waals surface area contributed by atoms with Crippen molar-refractivity contribution in [2.45, 2.75) is 6.92 Å². The summed E-state index contributed by atoms with van der Waals surface area (Å²) >= 11 is 9.01. The summed E-state index contributed by atoms with van der Waals surface area (Å²) in [5.41, 5.74) is 4.73. The first-order valence-electron chi connectivity index (χ1n) is 7.20. The number of halogens is 2. The van der Waals surface area contributed by atoms with Crippen molar-refractivity contribution in [3.8, 4) is 5.75 Å². The maximum Gasteiger partial charge on any atom is 0.288 e. The van der Waals surface area contributed by atoms with E-state index in [0.717, 1.165) is 16.1 Å². The zero-order valence-corrected chi connectivity index (χ0v) is 15.8. The van der Waals surface area contributed by atoms with Crippen molar-refractivity contribution in [3.63, 3.8) is 0 Å². The van der Waals surface area contributed by atoms with E-state index in [1.54, 1.807) is 12.1 Å². The molecule has 0 bridgehead atoms. The second kappa shape index (κ2) is 8.63. The third-order valence-corrected chi connectivity index (χ3v) is 4.03. The predicted molar refractivity (Wildman–Crippen MR) is 98.1 cm³/mol. The molecule has 2 N–H and O–H groups in total. The van der Waals surface area contributed by atoms with Crippen LogP contribution in [0, 0.1) is 17.0 Å². The monoisotopic (exact) mass is 441 g/mol. The van der Waals surface area contributed by atoms with Crippen molar-refractivity contribution >= 4 is 45.0 Å². The van der Waals surface area contributed by atoms with Crippen molar-refractivity contribution < 1.29 is 19.2 Å². The molecule has 8 nitrogen and oxygen atoms in total. The number of hydrazine groups is 1. The SMILES string of the molecule is Cc1cc(Br)ccc1OCC(=O)NNC(=O)c1ccc(Cl)c([N+](=O)[O-])c1. The molecule has 0 heterocycles. The van der Waals surface area contributed by atoms with Crippen LogP contribution in [0.25, 0.3) is 0 Å². The lowest BCUT2D eigenvalue weighted by Gasteiger charge is -2.10. The van der Waals surface area contributed by atoms with E-state index in [1.807, 2.05) is 13.0 Å². The minimum Gasteiger partial charge on any atom is -0.483 e. The van der Waals surface area contributed by atoms with Gasteiger partial charge in [-0.15, -0.1) is 0 Å². The molecule has 0 radical (unpaired) electrons. The minimum absolute atomic E-state index is 0.0222. The lowest BCUT2D eigenvalue weighted by molar-refractivity contribution is -0.384. The Balaban J connectivity index is 1.89. The summed E-state index contributed by atoms with van der Waals surface area (Å²) in [6.07, 6.45) is 0. The number of benzene rings is 2. The summed E-state index contributed by atoms with van der Waals surface area (Å²) < 4.78 is 6.25. The molecule has 0 aliphatic rings. The van der Waals surface area contributed by atoms with Crippen LogP contribution in [0.4, 0.5) is 5.69 Å². The molecule has 136 valence electrons. The highest BCUT2D eigenvalue weighted by atomic mass is 79.9. The Bertz CT molecular complexity index is 875. The van der Waals surface area contributed by atoms with Gasteiger partial charge in [0.25, 0.3) is 17.5 Å². The fraction of sp³-hybridized carbons (Fsp3) is 0.125. The number of carbonyl (C=O) groups excluding carboxylic acids is 2. The van der Waals surface area contributed by atoms with Gasteiger partial charge in [-0.3, -0.25) is 30.6 Å². The average molecular weight is 443 g/mol. The van der Waals surface area contributed by atoms with Crippen LogP contribution in [0.2, 0.25) is 5.02 Å². The van der Waals surface area contributed by atoms with Gasteiger partial charge in [0.1, 0.15) is 10.8 Å². The van der Waals surface area contributed by atoms with Gasteiger partial charge in [0, 0.05) is 16.1 Å². The van der Waals surface area contributed by atoms with Crippen LogP contribution in [0.3, 0.4) is 0 Å². The van der Waals surface area contributed by atoms with Gasteiger partial charge in [0.05, 0.1) is 4.92 Å². The Morgan fingerprint density at radius 3 is 2.62 bits per heavy atom. The second-order valence-electron chi connectivity index (χ2n) is 5.12. The molecule has 0 spiro atoms. The molecule has 0 aliphatic carbocycles. The van der Waals surface area contributed by atoms with E-state index in [2.05, 4.69) is 26.8 Å². The minimum atomic E-state index is -0.724. The molecule has 0 atom stereocenters. The average Bonchev–Trinajstić information content (AvgIpc) is 2.59. The summed E-state index contributed by atoms with van der Waals surface area (Å²) in [5, 5.41) is 10.7. The summed E-state index contributed by atoms with van der Waals surface area (Å²) in [6.45, 7) is 1.51. The van der Waals surface area contributed by atoms with Crippen LogP contribution in [0.5, 0.6) is 5.75 Å². The number of hydrogen-bond acceptors (Lipinski definition) is 5. The van der Waals surface area contributed by atoms with Crippen LogP contribution in [-0.4, -0.2) is 23.3 Å². The van der Waals surface area contributed by atoms with Crippen LogP contribution >= 0.6 is 27.5 Å². The van der Waals surface area contributed by atoms with Crippen molar-refractivity contribution in [1.29, 1.82) is 0 Å². The quantitative estimate of drug-likeness (QED) is 0.546. The van der Waals surface area contributed by atoms with E-state index in [-0.39, 0.29) is 17.2 Å². The van der Waals surface area contributed by atoms with Gasteiger partial charge in [-0.1, -0.05) is 27.5 Å². The van der Waals surface area contributed by atoms with Crippen molar-refractivity contribution in [1.82, 2.24) is 10.9 Å². The highest BCUT2D eigenvalue weighted by Gasteiger charge is 2.16. The molecule has 0 saturated carbocycles. The number of nitrogens with one attached hydrogen (secondary N) is 2. The molecule has 2 aromatic carbocycles. The number of carbonyl (C=O) groups is 2. The third kappa shape index (κ3) is 5.17. The molecule has 0 saturated heterocycles. The molecule has 10 heteroatoms. The second-order valence-corrected chi connectivity index (χ2v) is 6.45. The molecule has 0 aliphatic heterocycles. The summed E-state index contributed by atoms with van der Waals surface area (Å²) in [7, 11) is 0. The van der Waals surface area contributed by atoms with E-state index in [1.165, 1.54) is 12.1 Å². The van der Waals surface area contributed by atoms with Crippen LogP contribution in [0.15, 0.2) is 40.9 Å². The number of ether oxygens (including phenoxy) is 1. The predicted octanol–water partition coefficient (Wildman–Crippen LogP) is 3.16. The number of nitro groups is 1. The largest absolute Gasteiger partial charge is 0.483 e. The van der Waals surface area contributed by atoms with Crippen molar-refractivity contribution in [2.75, 3.05) is 6.61 Å². The molecule has 0 unspecified atom stereocenters. The number of aryl methyl sites for hydroxylation is 1. The zero-order valence-electron chi connectivity index (χ0n) is 13.4. The van der Waals surface area contributed by atoms with Crippen LogP contribution in [0.1, 0.15) is 15.9 Å². The fourth-order valence-electron chi connectivity index (χ4n) is 1.95. The Morgan fingerprint density at radius 1 is 1.23 bits per heavy atom. The fourth-order valence-corrected chi connectivity index (χ4v) is 2.61. The maximum absolute atomic E-state index is 12.0. The van der Waals surface area contributed by atoms with Gasteiger partial charge in [0.15, 0.2) is 6.61 Å². The number of amides is 2. The normalized spacial score (nSPS) is 10.1. The standard InChI is InChI=1S/C16H13BrClN3O5/c1-9-6-11(17)3-5-14(9)26-8-15(22)19-20-16(23)10-2-4-12(18)13(7-10)21(24)25/h2-7H,8H2,1H3,(H,19,22)(H,20,23). The Morgan fingerprint density at radius 2 is 1.96 bits per heavy atom. The molecule has 0 fully saturated rings. The lowest BCUT2D eigenvalue weighted by Crippen LogP contribution is -2.43. The van der Waals surface area contributed by atoms with Crippen LogP contribution in [-0.2, 0) is 4.79 Å². The maximum atomic E-state index is 12.0. The van der Waals surface area contributed by atoms with Gasteiger partial charge in [-0.2, -0.15) is 0 Å². The Kier molecular flexibility index (Phi) is 6.53.